The Kier molecular flexibility index (Phi) is 4.33. The number of rotatable bonds is 3. The predicted octanol–water partition coefficient (Wildman–Crippen LogP) is 6.15. The summed E-state index contributed by atoms with van der Waals surface area (Å²) >= 11 is 1.74. The third-order valence-corrected chi connectivity index (χ3v) is 5.50. The first-order chi connectivity index (χ1) is 12.5. The highest BCUT2D eigenvalue weighted by atomic mass is 32.1. The molecule has 2 nitrogen and oxygen atoms in total. The van der Waals surface area contributed by atoms with Crippen LogP contribution in [0.5, 0.6) is 0 Å². The Morgan fingerprint density at radius 3 is 2.46 bits per heavy atom. The van der Waals surface area contributed by atoms with E-state index in [1.54, 1.807) is 11.3 Å². The van der Waals surface area contributed by atoms with Gasteiger partial charge in [-0.2, -0.15) is 11.3 Å². The molecule has 1 unspecified atom stereocenters. The third kappa shape index (κ3) is 3.27. The van der Waals surface area contributed by atoms with Crippen molar-refractivity contribution in [2.75, 3.05) is 5.01 Å². The Hall–Kier alpha value is -2.52. The molecule has 0 radical (unpaired) electrons. The number of para-hydroxylation sites is 1. The van der Waals surface area contributed by atoms with Crippen molar-refractivity contribution in [3.63, 3.8) is 0 Å². The lowest BCUT2D eigenvalue weighted by Gasteiger charge is -2.27. The predicted molar refractivity (Wildman–Crippen MR) is 112 cm³/mol. The first kappa shape index (κ1) is 16.9. The highest BCUT2D eigenvalue weighted by molar-refractivity contribution is 7.08. The van der Waals surface area contributed by atoms with Crippen molar-refractivity contribution in [2.24, 2.45) is 0 Å². The molecule has 1 aliphatic heterocycles. The van der Waals surface area contributed by atoms with Crippen LogP contribution in [0, 0.1) is 0 Å². The van der Waals surface area contributed by atoms with E-state index in [4.69, 9.17) is 0 Å². The number of hydrogen-bond acceptors (Lipinski definition) is 3. The Balaban J connectivity index is 1.73. The standard InChI is InChI=1S/C23H24N2S/c1-23(2,3)19-9-7-8-17(14-19)21-15-22(18-12-13-26-16-18)25(24-21)20-10-5-4-6-11-20/h4-16,22,24H,1-3H3. The van der Waals surface area contributed by atoms with Gasteiger partial charge in [0.05, 0.1) is 17.4 Å². The molecule has 1 atom stereocenters. The summed E-state index contributed by atoms with van der Waals surface area (Å²) in [6.45, 7) is 6.77. The minimum atomic E-state index is 0.140. The van der Waals surface area contributed by atoms with Crippen LogP contribution in [0.25, 0.3) is 5.70 Å². The summed E-state index contributed by atoms with van der Waals surface area (Å²) < 4.78 is 0. The smallest absolute Gasteiger partial charge is 0.0966 e. The van der Waals surface area contributed by atoms with Gasteiger partial charge in [0.2, 0.25) is 0 Å². The summed E-state index contributed by atoms with van der Waals surface area (Å²) in [4.78, 5) is 0. The average Bonchev–Trinajstić information content (AvgIpc) is 3.31. The molecule has 3 aromatic rings. The van der Waals surface area contributed by atoms with E-state index >= 15 is 0 Å². The molecule has 1 aliphatic rings. The number of thiophene rings is 1. The summed E-state index contributed by atoms with van der Waals surface area (Å²) in [5.74, 6) is 0. The zero-order valence-electron chi connectivity index (χ0n) is 15.4. The van der Waals surface area contributed by atoms with Crippen LogP contribution in [0.15, 0.2) is 77.5 Å². The molecule has 0 saturated carbocycles. The minimum absolute atomic E-state index is 0.140. The van der Waals surface area contributed by atoms with E-state index in [1.807, 2.05) is 0 Å². The number of nitrogens with zero attached hydrogens (tertiary/aromatic N) is 1. The molecule has 132 valence electrons. The summed E-state index contributed by atoms with van der Waals surface area (Å²) in [5.41, 5.74) is 10.0. The van der Waals surface area contributed by atoms with Crippen LogP contribution in [-0.4, -0.2) is 0 Å². The Labute approximate surface area is 159 Å². The van der Waals surface area contributed by atoms with E-state index in [2.05, 4.69) is 109 Å². The lowest BCUT2D eigenvalue weighted by atomic mass is 9.86. The van der Waals surface area contributed by atoms with Gasteiger partial charge in [0, 0.05) is 0 Å². The van der Waals surface area contributed by atoms with E-state index in [1.165, 1.54) is 22.4 Å². The van der Waals surface area contributed by atoms with Crippen LogP contribution < -0.4 is 10.4 Å². The Morgan fingerprint density at radius 2 is 1.77 bits per heavy atom. The van der Waals surface area contributed by atoms with Crippen molar-refractivity contribution < 1.29 is 0 Å². The minimum Gasteiger partial charge on any atom is -0.297 e. The number of hydrazine groups is 1. The number of benzene rings is 2. The molecule has 0 aliphatic carbocycles. The van der Waals surface area contributed by atoms with Crippen molar-refractivity contribution in [2.45, 2.75) is 32.2 Å². The Morgan fingerprint density at radius 1 is 0.962 bits per heavy atom. The molecule has 3 heteroatoms. The average molecular weight is 361 g/mol. The Bertz CT molecular complexity index is 905. The van der Waals surface area contributed by atoms with Gasteiger partial charge in [0.1, 0.15) is 0 Å². The fraction of sp³-hybridized carbons (Fsp3) is 0.217. The van der Waals surface area contributed by atoms with Crippen LogP contribution in [0.4, 0.5) is 5.69 Å². The molecular weight excluding hydrogens is 336 g/mol. The number of nitrogens with one attached hydrogen (secondary N) is 1. The summed E-state index contributed by atoms with van der Waals surface area (Å²) in [6.07, 6.45) is 2.33. The topological polar surface area (TPSA) is 15.3 Å². The van der Waals surface area contributed by atoms with E-state index in [9.17, 15) is 0 Å². The normalized spacial score (nSPS) is 17.1. The van der Waals surface area contributed by atoms with E-state index < -0.39 is 0 Å². The van der Waals surface area contributed by atoms with Crippen molar-refractivity contribution >= 4 is 22.7 Å². The van der Waals surface area contributed by atoms with Gasteiger partial charge in [-0.05, 0) is 63.2 Å². The van der Waals surface area contributed by atoms with Gasteiger partial charge in [-0.3, -0.25) is 10.4 Å². The summed E-state index contributed by atoms with van der Waals surface area (Å²) in [6, 6.07) is 21.8. The molecule has 2 aromatic carbocycles. The SMILES string of the molecule is CC(C)(C)c1cccc(C2=CC(c3ccsc3)N(c3ccccc3)N2)c1. The highest BCUT2D eigenvalue weighted by Gasteiger charge is 2.27. The van der Waals surface area contributed by atoms with Gasteiger partial charge in [-0.25, -0.2) is 0 Å². The second-order valence-corrected chi connectivity index (χ2v) is 8.51. The molecule has 4 rings (SSSR count). The molecular formula is C23H24N2S. The quantitative estimate of drug-likeness (QED) is 0.602. The van der Waals surface area contributed by atoms with Gasteiger partial charge in [0.25, 0.3) is 0 Å². The van der Waals surface area contributed by atoms with Gasteiger partial charge in [-0.1, -0.05) is 57.2 Å². The molecule has 0 amide bonds. The van der Waals surface area contributed by atoms with Crippen molar-refractivity contribution in [1.29, 1.82) is 0 Å². The molecule has 2 heterocycles. The summed E-state index contributed by atoms with van der Waals surface area (Å²) in [7, 11) is 0. The van der Waals surface area contributed by atoms with E-state index in [-0.39, 0.29) is 11.5 Å². The third-order valence-electron chi connectivity index (χ3n) is 4.80. The molecule has 0 spiro atoms. The maximum absolute atomic E-state index is 3.64. The molecule has 26 heavy (non-hydrogen) atoms. The molecule has 1 N–H and O–H groups in total. The zero-order valence-corrected chi connectivity index (χ0v) is 16.3. The number of hydrogen-bond donors (Lipinski definition) is 1. The molecule has 0 fully saturated rings. The van der Waals surface area contributed by atoms with Crippen LogP contribution in [0.3, 0.4) is 0 Å². The zero-order chi connectivity index (χ0) is 18.1. The molecule has 0 saturated heterocycles. The van der Waals surface area contributed by atoms with Gasteiger partial charge in [-0.15, -0.1) is 0 Å². The second kappa shape index (κ2) is 6.65. The van der Waals surface area contributed by atoms with Gasteiger partial charge < -0.3 is 0 Å². The maximum atomic E-state index is 3.64. The van der Waals surface area contributed by atoms with Crippen molar-refractivity contribution in [3.8, 4) is 0 Å². The number of anilines is 1. The van der Waals surface area contributed by atoms with Crippen molar-refractivity contribution in [1.82, 2.24) is 5.43 Å². The second-order valence-electron chi connectivity index (χ2n) is 7.73. The van der Waals surface area contributed by atoms with Crippen LogP contribution >= 0.6 is 11.3 Å². The first-order valence-electron chi connectivity index (χ1n) is 8.98. The lowest BCUT2D eigenvalue weighted by molar-refractivity contribution is 0.590. The van der Waals surface area contributed by atoms with Crippen molar-refractivity contribution in [3.05, 3.63) is 94.2 Å². The highest BCUT2D eigenvalue weighted by Crippen LogP contribution is 2.36. The fourth-order valence-corrected chi connectivity index (χ4v) is 3.97. The first-order valence-corrected chi connectivity index (χ1v) is 9.92. The fourth-order valence-electron chi connectivity index (χ4n) is 3.29. The molecule has 1 aromatic heterocycles. The monoisotopic (exact) mass is 360 g/mol. The largest absolute Gasteiger partial charge is 0.297 e. The van der Waals surface area contributed by atoms with Crippen LogP contribution in [-0.2, 0) is 5.41 Å². The van der Waals surface area contributed by atoms with Gasteiger partial charge >= 0.3 is 0 Å². The van der Waals surface area contributed by atoms with Crippen LogP contribution in [0.1, 0.15) is 43.5 Å². The lowest BCUT2D eigenvalue weighted by Crippen LogP contribution is -2.33. The van der Waals surface area contributed by atoms with E-state index in [0.717, 1.165) is 5.70 Å². The summed E-state index contributed by atoms with van der Waals surface area (Å²) in [5, 5.41) is 6.62. The molecule has 0 bridgehead atoms. The van der Waals surface area contributed by atoms with E-state index in [0.29, 0.717) is 0 Å². The van der Waals surface area contributed by atoms with Gasteiger partial charge in [0.15, 0.2) is 0 Å². The maximum Gasteiger partial charge on any atom is 0.0966 e. The van der Waals surface area contributed by atoms with Crippen LogP contribution in [0.2, 0.25) is 0 Å².